The van der Waals surface area contributed by atoms with Gasteiger partial charge in [-0.2, -0.15) is 0 Å². The Morgan fingerprint density at radius 3 is 2.38 bits per heavy atom. The van der Waals surface area contributed by atoms with Crippen molar-refractivity contribution in [3.63, 3.8) is 0 Å². The number of ether oxygens (including phenoxy) is 1. The number of carbonyl (C=O) groups excluding carboxylic acids is 2. The summed E-state index contributed by atoms with van der Waals surface area (Å²) < 4.78 is 5.70. The molecule has 152 valence electrons. The van der Waals surface area contributed by atoms with Gasteiger partial charge in [0.15, 0.2) is 0 Å². The van der Waals surface area contributed by atoms with Crippen LogP contribution in [-0.2, 0) is 9.59 Å². The molecule has 1 aliphatic heterocycles. The van der Waals surface area contributed by atoms with Crippen molar-refractivity contribution in [2.24, 2.45) is 5.92 Å². The molecule has 7 heteroatoms. The first kappa shape index (κ1) is 21.4. The lowest BCUT2D eigenvalue weighted by Gasteiger charge is -2.16. The number of anilines is 1. The van der Waals surface area contributed by atoms with Crippen molar-refractivity contribution in [1.29, 1.82) is 0 Å². The Hall–Kier alpha value is -2.28. The van der Waals surface area contributed by atoms with E-state index in [0.29, 0.717) is 50.8 Å². The lowest BCUT2D eigenvalue weighted by Crippen LogP contribution is -2.31. The summed E-state index contributed by atoms with van der Waals surface area (Å²) in [4.78, 5) is 27.7. The predicted molar refractivity (Wildman–Crippen MR) is 117 cm³/mol. The molecule has 2 amide bonds. The minimum atomic E-state index is -0.434. The number of rotatable bonds is 8. The number of hydrogen-bond donors (Lipinski definition) is 1. The van der Waals surface area contributed by atoms with Crippen LogP contribution >= 0.6 is 23.4 Å². The molecule has 0 saturated carbocycles. The van der Waals surface area contributed by atoms with E-state index in [9.17, 15) is 14.7 Å². The van der Waals surface area contributed by atoms with E-state index in [2.05, 4.69) is 13.8 Å². The molecule has 3 rings (SSSR count). The number of amides is 2. The summed E-state index contributed by atoms with van der Waals surface area (Å²) in [7, 11) is 0. The van der Waals surface area contributed by atoms with E-state index in [1.165, 1.54) is 0 Å². The summed E-state index contributed by atoms with van der Waals surface area (Å²) in [6, 6.07) is 13.8. The van der Waals surface area contributed by atoms with E-state index < -0.39 is 11.8 Å². The molecule has 2 aromatic carbocycles. The molecule has 2 aromatic rings. The van der Waals surface area contributed by atoms with Gasteiger partial charge in [-0.05, 0) is 35.7 Å². The maximum atomic E-state index is 13.2. The minimum Gasteiger partial charge on any atom is -0.493 e. The topological polar surface area (TPSA) is 66.8 Å². The monoisotopic (exact) mass is 431 g/mol. The van der Waals surface area contributed by atoms with Gasteiger partial charge >= 0.3 is 0 Å². The number of nitrogens with zero attached hydrogens (tertiary/aromatic N) is 1. The highest BCUT2D eigenvalue weighted by molar-refractivity contribution is 8.04. The molecule has 1 aliphatic rings. The van der Waals surface area contributed by atoms with Crippen molar-refractivity contribution in [1.82, 2.24) is 0 Å². The number of benzene rings is 2. The summed E-state index contributed by atoms with van der Waals surface area (Å²) in [5.74, 6) is 0.546. The highest BCUT2D eigenvalue weighted by Gasteiger charge is 2.40. The number of carbonyl (C=O) groups is 2. The number of para-hydroxylation sites is 1. The van der Waals surface area contributed by atoms with Gasteiger partial charge in [-0.1, -0.05) is 49.7 Å². The van der Waals surface area contributed by atoms with Crippen LogP contribution in [0.3, 0.4) is 0 Å². The van der Waals surface area contributed by atoms with Crippen molar-refractivity contribution < 1.29 is 19.4 Å². The van der Waals surface area contributed by atoms with Crippen LogP contribution in [0.25, 0.3) is 5.57 Å². The molecule has 29 heavy (non-hydrogen) atoms. The average molecular weight is 432 g/mol. The third kappa shape index (κ3) is 4.66. The Bertz CT molecular complexity index is 940. The standard InChI is InChI=1S/C22H22ClNO4S/c1-14(2)13-28-16-9-7-15(8-10-16)19-20(29-12-11-25)22(27)24(21(19)26)18-6-4-3-5-17(18)23/h3-10,14,25H,11-13H2,1-2H3. The van der Waals surface area contributed by atoms with Crippen LogP contribution in [0.5, 0.6) is 5.75 Å². The molecule has 0 atom stereocenters. The second-order valence-electron chi connectivity index (χ2n) is 6.90. The molecular weight excluding hydrogens is 410 g/mol. The van der Waals surface area contributed by atoms with E-state index >= 15 is 0 Å². The lowest BCUT2D eigenvalue weighted by atomic mass is 10.1. The molecule has 0 aliphatic carbocycles. The van der Waals surface area contributed by atoms with E-state index in [0.717, 1.165) is 16.7 Å². The van der Waals surface area contributed by atoms with Crippen molar-refractivity contribution in [2.45, 2.75) is 13.8 Å². The molecule has 1 heterocycles. The van der Waals surface area contributed by atoms with Gasteiger partial charge in [-0.3, -0.25) is 9.59 Å². The number of hydrogen-bond acceptors (Lipinski definition) is 5. The first-order chi connectivity index (χ1) is 13.9. The Morgan fingerprint density at radius 2 is 1.76 bits per heavy atom. The first-order valence-electron chi connectivity index (χ1n) is 9.28. The van der Waals surface area contributed by atoms with Gasteiger partial charge in [-0.25, -0.2) is 4.90 Å². The normalized spacial score (nSPS) is 14.3. The Balaban J connectivity index is 1.97. The third-order valence-electron chi connectivity index (χ3n) is 4.20. The molecule has 0 spiro atoms. The maximum Gasteiger partial charge on any atom is 0.272 e. The average Bonchev–Trinajstić information content (AvgIpc) is 2.95. The third-order valence-corrected chi connectivity index (χ3v) is 5.57. The van der Waals surface area contributed by atoms with Gasteiger partial charge in [0.2, 0.25) is 0 Å². The summed E-state index contributed by atoms with van der Waals surface area (Å²) >= 11 is 7.40. The van der Waals surface area contributed by atoms with Gasteiger partial charge in [-0.15, -0.1) is 11.8 Å². The highest BCUT2D eigenvalue weighted by atomic mass is 35.5. The van der Waals surface area contributed by atoms with Gasteiger partial charge in [0.25, 0.3) is 11.8 Å². The second-order valence-corrected chi connectivity index (χ2v) is 8.41. The number of aliphatic hydroxyl groups is 1. The summed E-state index contributed by atoms with van der Waals surface area (Å²) in [5, 5.41) is 9.53. The van der Waals surface area contributed by atoms with Crippen molar-refractivity contribution in [2.75, 3.05) is 23.9 Å². The van der Waals surface area contributed by atoms with E-state index in [1.807, 2.05) is 0 Å². The molecule has 1 N–H and O–H groups in total. The molecule has 0 unspecified atom stereocenters. The van der Waals surface area contributed by atoms with Crippen LogP contribution < -0.4 is 9.64 Å². The fourth-order valence-electron chi connectivity index (χ4n) is 2.88. The van der Waals surface area contributed by atoms with Crippen LogP contribution in [0.15, 0.2) is 53.4 Å². The Kier molecular flexibility index (Phi) is 7.00. The van der Waals surface area contributed by atoms with Crippen LogP contribution in [0.1, 0.15) is 19.4 Å². The molecule has 5 nitrogen and oxygen atoms in total. The summed E-state index contributed by atoms with van der Waals surface area (Å²) in [6.45, 7) is 4.63. The smallest absolute Gasteiger partial charge is 0.272 e. The maximum absolute atomic E-state index is 13.2. The first-order valence-corrected chi connectivity index (χ1v) is 10.6. The zero-order valence-corrected chi connectivity index (χ0v) is 17.8. The molecule has 0 aromatic heterocycles. The number of imide groups is 1. The quantitative estimate of drug-likeness (QED) is 0.628. The van der Waals surface area contributed by atoms with Crippen LogP contribution in [0, 0.1) is 5.92 Å². The minimum absolute atomic E-state index is 0.100. The molecule has 0 radical (unpaired) electrons. The summed E-state index contributed by atoms with van der Waals surface area (Å²) in [5.41, 5.74) is 1.28. The number of thioether (sulfide) groups is 1. The predicted octanol–water partition coefficient (Wildman–Crippen LogP) is 4.38. The Labute approximate surface area is 179 Å². The van der Waals surface area contributed by atoms with Crippen LogP contribution in [0.2, 0.25) is 5.02 Å². The van der Waals surface area contributed by atoms with Crippen molar-refractivity contribution >= 4 is 46.4 Å². The van der Waals surface area contributed by atoms with E-state index in [4.69, 9.17) is 16.3 Å². The van der Waals surface area contributed by atoms with Crippen LogP contribution in [-0.4, -0.2) is 35.9 Å². The molecule has 0 bridgehead atoms. The van der Waals surface area contributed by atoms with E-state index in [-0.39, 0.29) is 6.61 Å². The molecule has 0 fully saturated rings. The van der Waals surface area contributed by atoms with Gasteiger partial charge in [0.05, 0.1) is 34.4 Å². The highest BCUT2D eigenvalue weighted by Crippen LogP contribution is 2.40. The lowest BCUT2D eigenvalue weighted by molar-refractivity contribution is -0.119. The summed E-state index contributed by atoms with van der Waals surface area (Å²) in [6.07, 6.45) is 0. The molecule has 0 saturated heterocycles. The van der Waals surface area contributed by atoms with Crippen LogP contribution in [0.4, 0.5) is 5.69 Å². The number of halogens is 1. The van der Waals surface area contributed by atoms with E-state index in [1.54, 1.807) is 48.5 Å². The van der Waals surface area contributed by atoms with Gasteiger partial charge < -0.3 is 9.84 Å². The van der Waals surface area contributed by atoms with Crippen molar-refractivity contribution in [3.05, 3.63) is 64.0 Å². The zero-order chi connectivity index (χ0) is 21.0. The zero-order valence-electron chi connectivity index (χ0n) is 16.2. The largest absolute Gasteiger partial charge is 0.493 e. The van der Waals surface area contributed by atoms with Crippen molar-refractivity contribution in [3.8, 4) is 5.75 Å². The second kappa shape index (κ2) is 9.48. The van der Waals surface area contributed by atoms with Gasteiger partial charge in [0, 0.05) is 5.75 Å². The van der Waals surface area contributed by atoms with Gasteiger partial charge in [0.1, 0.15) is 5.75 Å². The Morgan fingerprint density at radius 1 is 1.07 bits per heavy atom. The molecular formula is C22H22ClNO4S. The fourth-order valence-corrected chi connectivity index (χ4v) is 3.96. The fraction of sp³-hybridized carbons (Fsp3) is 0.273. The SMILES string of the molecule is CC(C)COc1ccc(C2=C(SCCO)C(=O)N(c3ccccc3Cl)C2=O)cc1. The number of aliphatic hydroxyl groups excluding tert-OH is 1.